The van der Waals surface area contributed by atoms with Gasteiger partial charge in [-0.3, -0.25) is 4.79 Å². The van der Waals surface area contributed by atoms with E-state index < -0.39 is 0 Å². The second-order valence-corrected chi connectivity index (χ2v) is 6.82. The number of fused-ring (bicyclic) bond motifs is 1. The molecule has 0 spiro atoms. The summed E-state index contributed by atoms with van der Waals surface area (Å²) < 4.78 is 22.0. The van der Waals surface area contributed by atoms with E-state index in [1.807, 2.05) is 30.3 Å². The Balaban J connectivity index is 1.34. The van der Waals surface area contributed by atoms with E-state index >= 15 is 0 Å². The summed E-state index contributed by atoms with van der Waals surface area (Å²) in [6.07, 6.45) is 2.32. The van der Waals surface area contributed by atoms with Gasteiger partial charge in [-0.05, 0) is 54.8 Å². The molecule has 2 heterocycles. The minimum absolute atomic E-state index is 0.0432. The van der Waals surface area contributed by atoms with Crippen molar-refractivity contribution in [2.75, 3.05) is 27.1 Å². The summed E-state index contributed by atoms with van der Waals surface area (Å²) in [6, 6.07) is 13.0. The molecule has 0 saturated carbocycles. The SMILES string of the molecule is CN(Cc1ccc2c(c1)OCO2)C(=O)c1ccc(OC[C@@H]2CCCO2)cc1. The Hall–Kier alpha value is -2.73. The average Bonchev–Trinajstić information content (AvgIpc) is 3.37. The molecular formula is C21H23NO5. The van der Waals surface area contributed by atoms with E-state index in [0.29, 0.717) is 18.7 Å². The number of carbonyl (C=O) groups is 1. The van der Waals surface area contributed by atoms with E-state index in [9.17, 15) is 4.79 Å². The average molecular weight is 369 g/mol. The van der Waals surface area contributed by atoms with Crippen molar-refractivity contribution in [1.82, 2.24) is 4.90 Å². The van der Waals surface area contributed by atoms with Crippen molar-refractivity contribution in [2.24, 2.45) is 0 Å². The lowest BCUT2D eigenvalue weighted by atomic mass is 10.1. The molecule has 0 N–H and O–H groups in total. The van der Waals surface area contributed by atoms with E-state index in [1.165, 1.54) is 0 Å². The quantitative estimate of drug-likeness (QED) is 0.782. The molecule has 0 bridgehead atoms. The zero-order valence-electron chi connectivity index (χ0n) is 15.3. The van der Waals surface area contributed by atoms with Gasteiger partial charge in [-0.1, -0.05) is 6.07 Å². The molecule has 2 aromatic carbocycles. The molecule has 2 aromatic rings. The lowest BCUT2D eigenvalue weighted by Crippen LogP contribution is -2.26. The van der Waals surface area contributed by atoms with E-state index in [1.54, 1.807) is 24.1 Å². The van der Waals surface area contributed by atoms with Gasteiger partial charge < -0.3 is 23.8 Å². The Kier molecular flexibility index (Phi) is 5.16. The van der Waals surface area contributed by atoms with Gasteiger partial charge in [-0.25, -0.2) is 0 Å². The summed E-state index contributed by atoms with van der Waals surface area (Å²) >= 11 is 0. The topological polar surface area (TPSA) is 57.2 Å². The molecule has 6 nitrogen and oxygen atoms in total. The molecule has 0 aromatic heterocycles. The zero-order valence-corrected chi connectivity index (χ0v) is 15.3. The van der Waals surface area contributed by atoms with Crippen LogP contribution in [0.4, 0.5) is 0 Å². The number of benzene rings is 2. The fourth-order valence-electron chi connectivity index (χ4n) is 3.26. The van der Waals surface area contributed by atoms with Gasteiger partial charge in [0.2, 0.25) is 6.79 Å². The van der Waals surface area contributed by atoms with Crippen LogP contribution in [-0.4, -0.2) is 44.0 Å². The maximum absolute atomic E-state index is 12.7. The van der Waals surface area contributed by atoms with Crippen LogP contribution >= 0.6 is 0 Å². The van der Waals surface area contributed by atoms with Crippen molar-refractivity contribution in [2.45, 2.75) is 25.5 Å². The zero-order chi connectivity index (χ0) is 18.6. The summed E-state index contributed by atoms with van der Waals surface area (Å²) in [5.74, 6) is 2.17. The van der Waals surface area contributed by atoms with Crippen LogP contribution in [0.15, 0.2) is 42.5 Å². The second-order valence-electron chi connectivity index (χ2n) is 6.82. The molecule has 2 aliphatic rings. The number of hydrogen-bond acceptors (Lipinski definition) is 5. The Morgan fingerprint density at radius 2 is 1.96 bits per heavy atom. The molecule has 1 fully saturated rings. The maximum Gasteiger partial charge on any atom is 0.253 e. The van der Waals surface area contributed by atoms with Gasteiger partial charge in [0, 0.05) is 25.8 Å². The molecule has 1 atom stereocenters. The number of amides is 1. The molecule has 0 radical (unpaired) electrons. The number of rotatable bonds is 6. The van der Waals surface area contributed by atoms with Crippen LogP contribution in [0.1, 0.15) is 28.8 Å². The third-order valence-electron chi connectivity index (χ3n) is 4.76. The summed E-state index contributed by atoms with van der Waals surface area (Å²) in [5, 5.41) is 0. The lowest BCUT2D eigenvalue weighted by molar-refractivity contribution is 0.0679. The molecule has 142 valence electrons. The Morgan fingerprint density at radius 3 is 2.74 bits per heavy atom. The first-order valence-electron chi connectivity index (χ1n) is 9.17. The van der Waals surface area contributed by atoms with Crippen molar-refractivity contribution in [1.29, 1.82) is 0 Å². The molecule has 6 heteroatoms. The molecular weight excluding hydrogens is 346 g/mol. The number of hydrogen-bond donors (Lipinski definition) is 0. The van der Waals surface area contributed by atoms with Crippen LogP contribution < -0.4 is 14.2 Å². The van der Waals surface area contributed by atoms with Crippen LogP contribution in [0.2, 0.25) is 0 Å². The molecule has 0 unspecified atom stereocenters. The van der Waals surface area contributed by atoms with Gasteiger partial charge in [0.25, 0.3) is 5.91 Å². The van der Waals surface area contributed by atoms with Crippen LogP contribution in [0.25, 0.3) is 0 Å². The van der Waals surface area contributed by atoms with E-state index in [2.05, 4.69) is 0 Å². The third kappa shape index (κ3) is 4.17. The van der Waals surface area contributed by atoms with Crippen molar-refractivity contribution >= 4 is 5.91 Å². The van der Waals surface area contributed by atoms with Gasteiger partial charge in [-0.2, -0.15) is 0 Å². The van der Waals surface area contributed by atoms with Crippen LogP contribution in [-0.2, 0) is 11.3 Å². The highest BCUT2D eigenvalue weighted by Gasteiger charge is 2.18. The van der Waals surface area contributed by atoms with Crippen LogP contribution in [0.3, 0.4) is 0 Å². The monoisotopic (exact) mass is 369 g/mol. The first-order valence-corrected chi connectivity index (χ1v) is 9.17. The fourth-order valence-corrected chi connectivity index (χ4v) is 3.26. The van der Waals surface area contributed by atoms with Gasteiger partial charge in [0.15, 0.2) is 11.5 Å². The standard InChI is InChI=1S/C21H23NO5/c1-22(12-15-4-9-19-20(11-15)27-14-26-19)21(23)16-5-7-17(8-6-16)25-13-18-3-2-10-24-18/h4-9,11,18H,2-3,10,12-14H2,1H3/t18-/m0/s1. The first-order chi connectivity index (χ1) is 13.2. The second kappa shape index (κ2) is 7.88. The van der Waals surface area contributed by atoms with Gasteiger partial charge in [0.05, 0.1) is 6.10 Å². The molecule has 2 aliphatic heterocycles. The summed E-state index contributed by atoms with van der Waals surface area (Å²) in [4.78, 5) is 14.4. The molecule has 0 aliphatic carbocycles. The summed E-state index contributed by atoms with van der Waals surface area (Å²) in [5.41, 5.74) is 1.62. The predicted molar refractivity (Wildman–Crippen MR) is 99.3 cm³/mol. The first kappa shape index (κ1) is 17.7. The minimum atomic E-state index is -0.0432. The maximum atomic E-state index is 12.7. The van der Waals surface area contributed by atoms with Crippen molar-refractivity contribution < 1.29 is 23.7 Å². The van der Waals surface area contributed by atoms with Gasteiger partial charge in [-0.15, -0.1) is 0 Å². The highest BCUT2D eigenvalue weighted by molar-refractivity contribution is 5.94. The fraction of sp³-hybridized carbons (Fsp3) is 0.381. The van der Waals surface area contributed by atoms with Crippen molar-refractivity contribution in [3.8, 4) is 17.2 Å². The molecule has 1 amide bonds. The third-order valence-corrected chi connectivity index (χ3v) is 4.76. The summed E-state index contributed by atoms with van der Waals surface area (Å²) in [6.45, 7) is 2.11. The highest BCUT2D eigenvalue weighted by Crippen LogP contribution is 2.32. The van der Waals surface area contributed by atoms with Gasteiger partial charge in [0.1, 0.15) is 12.4 Å². The number of nitrogens with zero attached hydrogens (tertiary/aromatic N) is 1. The molecule has 27 heavy (non-hydrogen) atoms. The van der Waals surface area contributed by atoms with E-state index in [-0.39, 0.29) is 18.8 Å². The molecule has 4 rings (SSSR count). The predicted octanol–water partition coefficient (Wildman–Crippen LogP) is 3.25. The van der Waals surface area contributed by atoms with Crippen LogP contribution in [0, 0.1) is 0 Å². The van der Waals surface area contributed by atoms with E-state index in [4.69, 9.17) is 18.9 Å². The number of carbonyl (C=O) groups excluding carboxylic acids is 1. The normalized spacial score (nSPS) is 17.7. The largest absolute Gasteiger partial charge is 0.491 e. The number of ether oxygens (including phenoxy) is 4. The Morgan fingerprint density at radius 1 is 1.15 bits per heavy atom. The van der Waals surface area contributed by atoms with E-state index in [0.717, 1.165) is 42.3 Å². The molecule has 1 saturated heterocycles. The Labute approximate surface area is 158 Å². The minimum Gasteiger partial charge on any atom is -0.491 e. The lowest BCUT2D eigenvalue weighted by Gasteiger charge is -2.18. The van der Waals surface area contributed by atoms with Crippen LogP contribution in [0.5, 0.6) is 17.2 Å². The highest BCUT2D eigenvalue weighted by atomic mass is 16.7. The van der Waals surface area contributed by atoms with Crippen molar-refractivity contribution in [3.05, 3.63) is 53.6 Å². The van der Waals surface area contributed by atoms with Gasteiger partial charge >= 0.3 is 0 Å². The summed E-state index contributed by atoms with van der Waals surface area (Å²) in [7, 11) is 1.79. The smallest absolute Gasteiger partial charge is 0.253 e. The van der Waals surface area contributed by atoms with Crippen molar-refractivity contribution in [3.63, 3.8) is 0 Å². The Bertz CT molecular complexity index is 799.